The molecule has 0 saturated heterocycles. The van der Waals surface area contributed by atoms with Gasteiger partial charge in [-0.15, -0.1) is 6.42 Å². The molecule has 0 bridgehead atoms. The van der Waals surface area contributed by atoms with Gasteiger partial charge in [0.1, 0.15) is 0 Å². The molecule has 0 atom stereocenters. The number of benzene rings is 3. The number of nitrogens with one attached hydrogen (secondary N) is 2. The lowest BCUT2D eigenvalue weighted by molar-refractivity contribution is -0.141. The summed E-state index contributed by atoms with van der Waals surface area (Å²) in [4.78, 5) is 46.3. The summed E-state index contributed by atoms with van der Waals surface area (Å²) in [5.74, 6) is 1.51. The number of rotatable bonds is 23. The van der Waals surface area contributed by atoms with Gasteiger partial charge >= 0.3 is 11.9 Å². The molecule has 0 heterocycles. The fraction of sp³-hybridized carbons (Fsp3) is 0.480. The quantitative estimate of drug-likeness (QED) is 0.0562. The molecular formula is C50H70N2O6. The van der Waals surface area contributed by atoms with E-state index in [1.165, 1.54) is 108 Å². The van der Waals surface area contributed by atoms with Gasteiger partial charge in [-0.05, 0) is 86.4 Å². The Morgan fingerprint density at radius 3 is 1.50 bits per heavy atom. The van der Waals surface area contributed by atoms with Crippen LogP contribution in [0.15, 0.2) is 78.9 Å². The summed E-state index contributed by atoms with van der Waals surface area (Å²) in [5, 5.41) is 5.52. The lowest BCUT2D eigenvalue weighted by atomic mass is 10.1. The molecule has 3 aromatic carbocycles. The highest BCUT2D eigenvalue weighted by molar-refractivity contribution is 6.11. The van der Waals surface area contributed by atoms with Crippen LogP contribution in [0.4, 0.5) is 11.4 Å². The minimum Gasteiger partial charge on any atom is -0.466 e. The molecule has 0 aliphatic carbocycles. The van der Waals surface area contributed by atoms with Crippen molar-refractivity contribution in [1.29, 1.82) is 0 Å². The van der Waals surface area contributed by atoms with E-state index in [0.29, 0.717) is 24.5 Å². The van der Waals surface area contributed by atoms with E-state index in [9.17, 15) is 19.2 Å². The van der Waals surface area contributed by atoms with Crippen molar-refractivity contribution >= 4 is 40.7 Å². The Kier molecular flexibility index (Phi) is 28.8. The monoisotopic (exact) mass is 795 g/mol. The minimum absolute atomic E-state index is 0.0412. The number of amides is 2. The highest BCUT2D eigenvalue weighted by Crippen LogP contribution is 2.18. The summed E-state index contributed by atoms with van der Waals surface area (Å²) < 4.78 is 10.3. The van der Waals surface area contributed by atoms with Crippen LogP contribution in [0.25, 0.3) is 5.57 Å². The smallest absolute Gasteiger partial charge is 0.338 e. The molecule has 3 aromatic rings. The lowest BCUT2D eigenvalue weighted by Crippen LogP contribution is -2.18. The van der Waals surface area contributed by atoms with Gasteiger partial charge in [0.25, 0.3) is 5.91 Å². The first kappa shape index (κ1) is 50.9. The van der Waals surface area contributed by atoms with E-state index in [1.807, 2.05) is 31.2 Å². The van der Waals surface area contributed by atoms with Crippen LogP contribution in [0, 0.1) is 12.3 Å². The molecular weight excluding hydrogens is 725 g/mol. The van der Waals surface area contributed by atoms with E-state index < -0.39 is 5.97 Å². The van der Waals surface area contributed by atoms with Crippen LogP contribution in [0.2, 0.25) is 0 Å². The summed E-state index contributed by atoms with van der Waals surface area (Å²) in [7, 11) is 0. The molecule has 2 N–H and O–H groups in total. The Bertz CT molecular complexity index is 1670. The predicted molar refractivity (Wildman–Crippen MR) is 241 cm³/mol. The van der Waals surface area contributed by atoms with E-state index >= 15 is 0 Å². The Labute approximate surface area is 350 Å². The Morgan fingerprint density at radius 2 is 1.03 bits per heavy atom. The molecule has 8 heteroatoms. The molecule has 0 radical (unpaired) electrons. The first-order valence-electron chi connectivity index (χ1n) is 21.3. The van der Waals surface area contributed by atoms with E-state index in [4.69, 9.17) is 15.9 Å². The highest BCUT2D eigenvalue weighted by atomic mass is 16.5. The normalized spacial score (nSPS) is 10.5. The van der Waals surface area contributed by atoms with Gasteiger partial charge in [0.2, 0.25) is 5.91 Å². The van der Waals surface area contributed by atoms with Gasteiger partial charge in [0.05, 0.1) is 24.3 Å². The molecule has 0 aliphatic heterocycles. The van der Waals surface area contributed by atoms with Crippen molar-refractivity contribution < 1.29 is 28.7 Å². The van der Waals surface area contributed by atoms with Crippen LogP contribution >= 0.6 is 0 Å². The second-order valence-corrected chi connectivity index (χ2v) is 14.4. The van der Waals surface area contributed by atoms with Gasteiger partial charge in [0, 0.05) is 30.8 Å². The van der Waals surface area contributed by atoms with Crippen LogP contribution < -0.4 is 10.6 Å². The maximum absolute atomic E-state index is 12.7. The van der Waals surface area contributed by atoms with Gasteiger partial charge in [-0.3, -0.25) is 14.4 Å². The summed E-state index contributed by atoms with van der Waals surface area (Å²) in [6.45, 7) is 12.5. The molecule has 3 rings (SSSR count). The van der Waals surface area contributed by atoms with Crippen molar-refractivity contribution in [3.8, 4) is 12.3 Å². The van der Waals surface area contributed by atoms with Crippen LogP contribution in [0.3, 0.4) is 0 Å². The maximum Gasteiger partial charge on any atom is 0.338 e. The molecule has 2 amide bonds. The van der Waals surface area contributed by atoms with E-state index in [0.717, 1.165) is 30.5 Å². The fourth-order valence-electron chi connectivity index (χ4n) is 5.82. The molecule has 316 valence electrons. The number of carbonyl (C=O) groups is 4. The Hall–Kier alpha value is -5.16. The van der Waals surface area contributed by atoms with Gasteiger partial charge in [0.15, 0.2) is 0 Å². The number of carbonyl (C=O) groups excluding carboxylic acids is 4. The number of anilines is 2. The van der Waals surface area contributed by atoms with Crippen molar-refractivity contribution in [2.24, 2.45) is 0 Å². The molecule has 8 nitrogen and oxygen atoms in total. The largest absolute Gasteiger partial charge is 0.466 e. The number of hydrogen-bond acceptors (Lipinski definition) is 6. The number of unbranched alkanes of at least 4 members (excludes halogenated alkanes) is 14. The third-order valence-corrected chi connectivity index (χ3v) is 9.33. The number of esters is 2. The van der Waals surface area contributed by atoms with Crippen LogP contribution in [0.5, 0.6) is 0 Å². The average molecular weight is 795 g/mol. The summed E-state index contributed by atoms with van der Waals surface area (Å²) >= 11 is 0. The van der Waals surface area contributed by atoms with E-state index in [1.54, 1.807) is 48.5 Å². The first-order chi connectivity index (χ1) is 28.1. The van der Waals surface area contributed by atoms with Gasteiger partial charge in [-0.1, -0.05) is 140 Å². The average Bonchev–Trinajstić information content (AvgIpc) is 3.22. The van der Waals surface area contributed by atoms with E-state index in [-0.39, 0.29) is 23.3 Å². The molecule has 0 unspecified atom stereocenters. The zero-order valence-electron chi connectivity index (χ0n) is 36.3. The summed E-state index contributed by atoms with van der Waals surface area (Å²) in [6, 6.07) is 21.5. The van der Waals surface area contributed by atoms with Crippen LogP contribution in [0.1, 0.15) is 176 Å². The highest BCUT2D eigenvalue weighted by Gasteiger charge is 2.18. The van der Waals surface area contributed by atoms with Crippen LogP contribution in [-0.2, 0) is 19.1 Å². The van der Waals surface area contributed by atoms with Gasteiger partial charge in [-0.2, -0.15) is 0 Å². The summed E-state index contributed by atoms with van der Waals surface area (Å²) in [5.41, 5.74) is 5.17. The number of allylic oxidation sites excluding steroid dienone is 2. The van der Waals surface area contributed by atoms with Gasteiger partial charge in [-0.25, -0.2) is 4.79 Å². The molecule has 58 heavy (non-hydrogen) atoms. The third-order valence-electron chi connectivity index (χ3n) is 9.33. The number of hydrogen-bond donors (Lipinski definition) is 2. The first-order valence-corrected chi connectivity index (χ1v) is 21.3. The Morgan fingerprint density at radius 1 is 0.586 bits per heavy atom. The topological polar surface area (TPSA) is 111 Å². The van der Waals surface area contributed by atoms with Gasteiger partial charge < -0.3 is 20.1 Å². The molecule has 0 aliphatic rings. The van der Waals surface area contributed by atoms with Crippen molar-refractivity contribution in [3.05, 3.63) is 101 Å². The number of terminal acetylenes is 1. The van der Waals surface area contributed by atoms with Crippen molar-refractivity contribution in [3.63, 3.8) is 0 Å². The Balaban J connectivity index is 0.000000499. The maximum atomic E-state index is 12.7. The number of ether oxygens (including phenoxy) is 2. The minimum atomic E-state index is -0.466. The van der Waals surface area contributed by atoms with Crippen molar-refractivity contribution in [1.82, 2.24) is 0 Å². The van der Waals surface area contributed by atoms with Crippen LogP contribution in [-0.4, -0.2) is 37.0 Å². The zero-order valence-corrected chi connectivity index (χ0v) is 36.3. The van der Waals surface area contributed by atoms with Crippen molar-refractivity contribution in [2.45, 2.75) is 144 Å². The molecule has 0 spiro atoms. The summed E-state index contributed by atoms with van der Waals surface area (Å²) in [6.07, 6.45) is 27.1. The fourth-order valence-corrected chi connectivity index (χ4v) is 5.82. The zero-order chi connectivity index (χ0) is 42.8. The second kappa shape index (κ2) is 32.9. The van der Waals surface area contributed by atoms with E-state index in [2.05, 4.69) is 43.4 Å². The lowest BCUT2D eigenvalue weighted by Gasteiger charge is -2.10. The second-order valence-electron chi connectivity index (χ2n) is 14.4. The molecule has 0 aromatic heterocycles. The third kappa shape index (κ3) is 24.5. The van der Waals surface area contributed by atoms with Crippen molar-refractivity contribution in [2.75, 3.05) is 23.8 Å². The molecule has 0 saturated carbocycles. The molecule has 0 fully saturated rings. The SMILES string of the molecule is C#Cc1ccc(NC(=O)c2ccccc2C(=O)OCCCCCCCCCC)cc1.C/C=C(/C)c1ccc(NC(C)=O)cc1.CCCCCCCCCCOC(C)=O. The predicted octanol–water partition coefficient (Wildman–Crippen LogP) is 13.0. The standard InChI is InChI=1S/C26H31NO3.C12H15NO.C12H24O2/c1-3-5-6-7-8-9-10-13-20-30-26(29)24-15-12-11-14-23(24)25(28)27-22-18-16-21(4-2)17-19-22;1-4-9(2)11-5-7-12(8-6-11)13-10(3)14;1-3-4-5-6-7-8-9-10-11-14-12(2)13/h2,11-12,14-19H,3,5-10,13,20H2,1H3,(H,27,28);4-8H,1-3H3,(H,13,14);3-11H2,1-2H3/b;9-4-;.